The fourth-order valence-corrected chi connectivity index (χ4v) is 12.3. The van der Waals surface area contributed by atoms with Crippen LogP contribution < -0.4 is 14.2 Å². The molecule has 2 aliphatic heterocycles. The number of ether oxygens (including phenoxy) is 3. The maximum Gasteiger partial charge on any atom is 0.306 e. The van der Waals surface area contributed by atoms with Gasteiger partial charge in [0.05, 0.1) is 53.8 Å². The predicted octanol–water partition coefficient (Wildman–Crippen LogP) is 6.38. The number of aromatic nitrogens is 1. The Labute approximate surface area is 341 Å². The van der Waals surface area contributed by atoms with E-state index in [9.17, 15) is 22.8 Å². The molecule has 9 rings (SSSR count). The number of hydrogen-bond donors (Lipinski definition) is 1. The molecule has 7 atom stereocenters. The average Bonchev–Trinajstić information content (AvgIpc) is 4.17. The Morgan fingerprint density at radius 3 is 2.47 bits per heavy atom. The van der Waals surface area contributed by atoms with Crippen molar-refractivity contribution < 1.29 is 41.8 Å². The van der Waals surface area contributed by atoms with Crippen molar-refractivity contribution in [3.05, 3.63) is 42.0 Å². The van der Waals surface area contributed by atoms with Crippen molar-refractivity contribution in [3.63, 3.8) is 0 Å². The molecule has 13 heteroatoms. The van der Waals surface area contributed by atoms with Gasteiger partial charge in [0.1, 0.15) is 18.0 Å². The van der Waals surface area contributed by atoms with Gasteiger partial charge in [-0.1, -0.05) is 37.1 Å². The minimum absolute atomic E-state index is 0.0173. The van der Waals surface area contributed by atoms with E-state index >= 15 is 4.79 Å². The van der Waals surface area contributed by atoms with Crippen LogP contribution in [0.4, 0.5) is 0 Å². The van der Waals surface area contributed by atoms with Gasteiger partial charge < -0.3 is 19.1 Å². The molecule has 58 heavy (non-hydrogen) atoms. The first-order valence-corrected chi connectivity index (χ1v) is 23.4. The number of para-hydroxylation sites is 1. The van der Waals surface area contributed by atoms with Crippen LogP contribution in [0.25, 0.3) is 10.9 Å². The number of nitrogens with one attached hydrogen (secondary N) is 1. The number of benzene rings is 1. The van der Waals surface area contributed by atoms with Gasteiger partial charge in [-0.2, -0.15) is 0 Å². The fraction of sp³-hybridized carbons (Fsp3) is 0.667. The van der Waals surface area contributed by atoms with E-state index in [-0.39, 0.29) is 73.2 Å². The van der Waals surface area contributed by atoms with Crippen LogP contribution in [0.5, 0.6) is 11.6 Å². The van der Waals surface area contributed by atoms with Crippen molar-refractivity contribution >= 4 is 44.5 Å². The maximum atomic E-state index is 15.1. The third kappa shape index (κ3) is 7.88. The molecular formula is C45H57N3O9S. The molecule has 2 bridgehead atoms. The number of nitrogens with zero attached hydrogens (tertiary/aromatic N) is 2. The predicted molar refractivity (Wildman–Crippen MR) is 215 cm³/mol. The van der Waals surface area contributed by atoms with E-state index in [1.165, 1.54) is 0 Å². The second-order valence-corrected chi connectivity index (χ2v) is 20.3. The number of methoxy groups -OCH3 is 1. The summed E-state index contributed by atoms with van der Waals surface area (Å²) < 4.78 is 47.3. The molecule has 12 nitrogen and oxygen atoms in total. The summed E-state index contributed by atoms with van der Waals surface area (Å²) in [4.78, 5) is 64.2. The molecule has 5 aliphatic carbocycles. The fourth-order valence-electron chi connectivity index (χ4n) is 11.0. The molecule has 1 aromatic carbocycles. The Hall–Kier alpha value is -4.00. The summed E-state index contributed by atoms with van der Waals surface area (Å²) in [6.07, 6.45) is 15.4. The number of pyridine rings is 1. The van der Waals surface area contributed by atoms with Crippen LogP contribution in [-0.2, 0) is 40.4 Å². The molecule has 0 radical (unpaired) electrons. The Bertz CT molecular complexity index is 2090. The zero-order chi connectivity index (χ0) is 40.2. The van der Waals surface area contributed by atoms with Crippen molar-refractivity contribution in [1.29, 1.82) is 0 Å². The van der Waals surface area contributed by atoms with Crippen molar-refractivity contribution in [2.45, 2.75) is 139 Å². The molecular weight excluding hydrogens is 759 g/mol. The minimum Gasteiger partial charge on any atom is -0.496 e. The molecule has 0 spiro atoms. The number of amides is 2. The van der Waals surface area contributed by atoms with E-state index in [1.807, 2.05) is 24.3 Å². The van der Waals surface area contributed by atoms with E-state index < -0.39 is 44.7 Å². The van der Waals surface area contributed by atoms with E-state index in [0.717, 1.165) is 81.6 Å². The molecule has 312 valence electrons. The smallest absolute Gasteiger partial charge is 0.306 e. The Kier molecular flexibility index (Phi) is 10.8. The molecule has 1 aromatic heterocycles. The lowest BCUT2D eigenvalue weighted by Crippen LogP contribution is -2.47. The van der Waals surface area contributed by atoms with Crippen LogP contribution >= 0.6 is 0 Å². The number of ketones is 1. The summed E-state index contributed by atoms with van der Waals surface area (Å²) in [5.74, 6) is -0.641. The lowest BCUT2D eigenvalue weighted by Gasteiger charge is -2.31. The summed E-state index contributed by atoms with van der Waals surface area (Å²) >= 11 is 0. The second-order valence-electron chi connectivity index (χ2n) is 18.4. The van der Waals surface area contributed by atoms with Crippen LogP contribution in [0.1, 0.15) is 115 Å². The standard InChI is InChI=1S/C45H57N3O9S/c1-55-41-32-14-7-8-16-36(32)46-42-33(41)15-4-2-3-12-29-13-9-17-39(29)57-40(50)23-34(27-10-5-6-11-27)43(51)48-26-30(56-42)22-37(48)38(49)25-45(24-35(45)28-18-19-28)44(52)47-58(53,54)31-20-21-31/h2,4,7-8,14,16,27-31,34-35,37,39H,3,5-6,9-13,15,17-26H2,1H3,(H,47,52)/b4-2+/t29-,30-,34+,35+,37+,39-,45-/m1/s1. The monoisotopic (exact) mass is 815 g/mol. The number of fused-ring (bicyclic) bond motifs is 5. The lowest BCUT2D eigenvalue weighted by molar-refractivity contribution is -0.156. The van der Waals surface area contributed by atoms with Gasteiger partial charge in [0.2, 0.25) is 27.7 Å². The Morgan fingerprint density at radius 1 is 0.931 bits per heavy atom. The Morgan fingerprint density at radius 2 is 1.71 bits per heavy atom. The van der Waals surface area contributed by atoms with Gasteiger partial charge in [0.25, 0.3) is 0 Å². The zero-order valence-corrected chi connectivity index (χ0v) is 34.4. The molecule has 1 N–H and O–H groups in total. The van der Waals surface area contributed by atoms with E-state index in [1.54, 1.807) is 12.0 Å². The lowest BCUT2D eigenvalue weighted by atomic mass is 9.86. The first-order chi connectivity index (χ1) is 28.0. The zero-order valence-electron chi connectivity index (χ0n) is 33.6. The number of carbonyl (C=O) groups is 4. The summed E-state index contributed by atoms with van der Waals surface area (Å²) in [5.41, 5.74) is 0.351. The van der Waals surface area contributed by atoms with Gasteiger partial charge in [-0.15, -0.1) is 0 Å². The SMILES string of the molecule is COc1c2c(nc3ccccc13)O[C@@H]1C[C@@H](C(=O)C[C@]3(C(=O)NS(=O)(=O)C4CC4)C[C@H]3C3CC3)N(C1)C(=O)[C@H](C1CCCC1)CC(=O)O[C@@H]1CCC[C@H]1CC/C=C/C2. The summed E-state index contributed by atoms with van der Waals surface area (Å²) in [5, 5.41) is 0.291. The summed E-state index contributed by atoms with van der Waals surface area (Å²) in [7, 11) is -2.17. The Balaban J connectivity index is 1.07. The van der Waals surface area contributed by atoms with E-state index in [2.05, 4.69) is 16.9 Å². The van der Waals surface area contributed by atoms with Gasteiger partial charge in [0.15, 0.2) is 5.78 Å². The highest BCUT2D eigenvalue weighted by Crippen LogP contribution is 2.65. The molecule has 2 aromatic rings. The van der Waals surface area contributed by atoms with Crippen molar-refractivity contribution in [1.82, 2.24) is 14.6 Å². The molecule has 0 unspecified atom stereocenters. The second kappa shape index (κ2) is 15.9. The largest absolute Gasteiger partial charge is 0.496 e. The molecule has 2 amide bonds. The number of carbonyl (C=O) groups excluding carboxylic acids is 4. The highest BCUT2D eigenvalue weighted by Gasteiger charge is 2.66. The van der Waals surface area contributed by atoms with Gasteiger partial charge >= 0.3 is 5.97 Å². The molecule has 7 aliphatic rings. The number of allylic oxidation sites excluding steroid dienone is 2. The molecule has 6 fully saturated rings. The third-order valence-electron chi connectivity index (χ3n) is 14.5. The number of Topliss-reactive ketones (excluding diaryl/α,β-unsaturated/α-hetero) is 1. The van der Waals surface area contributed by atoms with E-state index in [4.69, 9.17) is 19.2 Å². The molecule has 1 saturated heterocycles. The van der Waals surface area contributed by atoms with Crippen molar-refractivity contribution in [3.8, 4) is 11.6 Å². The minimum atomic E-state index is -3.81. The van der Waals surface area contributed by atoms with Crippen LogP contribution in [-0.4, -0.2) is 79.0 Å². The highest BCUT2D eigenvalue weighted by molar-refractivity contribution is 7.90. The summed E-state index contributed by atoms with van der Waals surface area (Å²) in [6.45, 7) is 0.103. The number of esters is 1. The van der Waals surface area contributed by atoms with Crippen molar-refractivity contribution in [2.75, 3.05) is 13.7 Å². The third-order valence-corrected chi connectivity index (χ3v) is 16.3. The first kappa shape index (κ1) is 39.5. The summed E-state index contributed by atoms with van der Waals surface area (Å²) in [6, 6.07) is 6.81. The average molecular weight is 816 g/mol. The van der Waals surface area contributed by atoms with Gasteiger partial charge in [0, 0.05) is 18.2 Å². The van der Waals surface area contributed by atoms with Gasteiger partial charge in [-0.25, -0.2) is 13.4 Å². The topological polar surface area (TPSA) is 158 Å². The van der Waals surface area contributed by atoms with Crippen LogP contribution in [0.3, 0.4) is 0 Å². The van der Waals surface area contributed by atoms with Crippen LogP contribution in [0, 0.1) is 35.0 Å². The number of sulfonamides is 1. The highest BCUT2D eigenvalue weighted by atomic mass is 32.2. The first-order valence-electron chi connectivity index (χ1n) is 21.9. The van der Waals surface area contributed by atoms with Crippen LogP contribution in [0.15, 0.2) is 36.4 Å². The maximum absolute atomic E-state index is 15.1. The normalized spacial score (nSPS) is 32.7. The van der Waals surface area contributed by atoms with Gasteiger partial charge in [-0.3, -0.25) is 23.9 Å². The molecule has 3 heterocycles. The quantitative estimate of drug-likeness (QED) is 0.223. The van der Waals surface area contributed by atoms with E-state index in [0.29, 0.717) is 42.8 Å². The van der Waals surface area contributed by atoms with Crippen LogP contribution in [0.2, 0.25) is 0 Å². The number of rotatable bonds is 9. The van der Waals surface area contributed by atoms with Gasteiger partial charge in [-0.05, 0) is 119 Å². The molecule has 5 saturated carbocycles. The van der Waals surface area contributed by atoms with Crippen molar-refractivity contribution in [2.24, 2.45) is 35.0 Å². The number of hydrogen-bond acceptors (Lipinski definition) is 10.